The first-order chi connectivity index (χ1) is 40.5. The summed E-state index contributed by atoms with van der Waals surface area (Å²) in [7, 11) is 0. The first-order valence-electron chi connectivity index (χ1n) is 33.1. The van der Waals surface area contributed by atoms with Gasteiger partial charge in [-0.05, 0) is 148 Å². The molecule has 6 heteroatoms. The third kappa shape index (κ3) is 65.6. The van der Waals surface area contributed by atoms with Gasteiger partial charge in [-0.25, -0.2) is 0 Å². The summed E-state index contributed by atoms with van der Waals surface area (Å²) in [5.74, 6) is -0.972. The zero-order chi connectivity index (χ0) is 59.2. The lowest BCUT2D eigenvalue weighted by Gasteiger charge is -2.18. The molecule has 0 saturated heterocycles. The number of rotatable bonds is 58. The Labute approximate surface area is 504 Å². The van der Waals surface area contributed by atoms with Crippen molar-refractivity contribution in [2.75, 3.05) is 13.2 Å². The zero-order valence-electron chi connectivity index (χ0n) is 52.7. The van der Waals surface area contributed by atoms with E-state index in [1.54, 1.807) is 0 Å². The van der Waals surface area contributed by atoms with E-state index in [1.807, 2.05) is 0 Å². The molecule has 6 nitrogen and oxygen atoms in total. The molecule has 0 aromatic rings. The maximum atomic E-state index is 12.9. The monoisotopic (exact) mass is 1130 g/mol. The van der Waals surface area contributed by atoms with Crippen LogP contribution in [0.25, 0.3) is 0 Å². The van der Waals surface area contributed by atoms with Crippen molar-refractivity contribution in [1.29, 1.82) is 0 Å². The smallest absolute Gasteiger partial charge is 0.306 e. The molecule has 0 amide bonds. The van der Waals surface area contributed by atoms with Gasteiger partial charge >= 0.3 is 17.9 Å². The van der Waals surface area contributed by atoms with Crippen LogP contribution in [0.3, 0.4) is 0 Å². The lowest BCUT2D eigenvalue weighted by atomic mass is 10.1. The first-order valence-corrected chi connectivity index (χ1v) is 33.1. The molecule has 82 heavy (non-hydrogen) atoms. The fourth-order valence-corrected chi connectivity index (χ4v) is 8.52. The Balaban J connectivity index is 4.29. The van der Waals surface area contributed by atoms with Crippen molar-refractivity contribution >= 4 is 17.9 Å². The van der Waals surface area contributed by atoms with Gasteiger partial charge in [0.15, 0.2) is 6.10 Å². The number of unbranched alkanes of at least 4 members (excludes halogenated alkanes) is 19. The molecule has 0 aromatic heterocycles. The van der Waals surface area contributed by atoms with E-state index >= 15 is 0 Å². The van der Waals surface area contributed by atoms with Gasteiger partial charge in [0.1, 0.15) is 13.2 Å². The molecule has 0 radical (unpaired) electrons. The Morgan fingerprint density at radius 2 is 0.476 bits per heavy atom. The van der Waals surface area contributed by atoms with Crippen LogP contribution >= 0.6 is 0 Å². The predicted octanol–water partition coefficient (Wildman–Crippen LogP) is 23.0. The maximum Gasteiger partial charge on any atom is 0.306 e. The van der Waals surface area contributed by atoms with Gasteiger partial charge in [0, 0.05) is 19.3 Å². The van der Waals surface area contributed by atoms with Crippen LogP contribution in [0.15, 0.2) is 170 Å². The van der Waals surface area contributed by atoms with Crippen molar-refractivity contribution in [3.8, 4) is 0 Å². The van der Waals surface area contributed by atoms with E-state index in [4.69, 9.17) is 14.2 Å². The van der Waals surface area contributed by atoms with Gasteiger partial charge in [-0.3, -0.25) is 14.4 Å². The van der Waals surface area contributed by atoms with Gasteiger partial charge in [0.25, 0.3) is 0 Å². The summed E-state index contributed by atoms with van der Waals surface area (Å²) in [6.45, 7) is 6.31. The fourth-order valence-electron chi connectivity index (χ4n) is 8.52. The van der Waals surface area contributed by atoms with Crippen LogP contribution in [0.1, 0.15) is 271 Å². The first kappa shape index (κ1) is 76.8. The Kier molecular flexibility index (Phi) is 63.9. The van der Waals surface area contributed by atoms with Crippen molar-refractivity contribution in [2.24, 2.45) is 0 Å². The average Bonchev–Trinajstić information content (AvgIpc) is 3.48. The van der Waals surface area contributed by atoms with Crippen LogP contribution < -0.4 is 0 Å². The van der Waals surface area contributed by atoms with Crippen LogP contribution in [0.4, 0.5) is 0 Å². The van der Waals surface area contributed by atoms with Crippen molar-refractivity contribution in [3.05, 3.63) is 170 Å². The highest BCUT2D eigenvalue weighted by atomic mass is 16.6. The lowest BCUT2D eigenvalue weighted by Crippen LogP contribution is -2.30. The minimum atomic E-state index is -0.816. The van der Waals surface area contributed by atoms with Gasteiger partial charge in [-0.1, -0.05) is 274 Å². The second-order valence-electron chi connectivity index (χ2n) is 21.3. The number of carbonyl (C=O) groups excluding carboxylic acids is 3. The molecule has 0 aliphatic carbocycles. The summed E-state index contributed by atoms with van der Waals surface area (Å²) < 4.78 is 16.9. The molecular weight excluding hydrogens is 1010 g/mol. The van der Waals surface area contributed by atoms with Crippen molar-refractivity contribution < 1.29 is 28.6 Å². The van der Waals surface area contributed by atoms with Crippen LogP contribution in [0.5, 0.6) is 0 Å². The lowest BCUT2D eigenvalue weighted by molar-refractivity contribution is -0.167. The Morgan fingerprint density at radius 3 is 0.768 bits per heavy atom. The molecule has 1 atom stereocenters. The molecule has 1 unspecified atom stereocenters. The molecule has 0 spiro atoms. The van der Waals surface area contributed by atoms with Gasteiger partial charge in [0.05, 0.1) is 0 Å². The van der Waals surface area contributed by atoms with Crippen molar-refractivity contribution in [2.45, 2.75) is 277 Å². The van der Waals surface area contributed by atoms with Gasteiger partial charge in [-0.2, -0.15) is 0 Å². The van der Waals surface area contributed by atoms with E-state index in [9.17, 15) is 14.4 Å². The Bertz CT molecular complexity index is 1870. The SMILES string of the molecule is CC/C=C\C/C=C\C/C=C\C/C=C\C/C=C\C/C=C\C/C=C\C/C=C\CCCCCCCCCCCCC(=O)OCC(COC(=O)CCCCCCC/C=C\C/C=C\CCCC)OC(=O)CCCC/C=C\C/C=C\C/C=C\C/C=C\CC. The quantitative estimate of drug-likeness (QED) is 0.0261. The van der Waals surface area contributed by atoms with E-state index in [0.717, 1.165) is 161 Å². The molecule has 0 rings (SSSR count). The van der Waals surface area contributed by atoms with E-state index in [1.165, 1.54) is 64.2 Å². The second kappa shape index (κ2) is 68.3. The largest absolute Gasteiger partial charge is 0.462 e. The summed E-state index contributed by atoms with van der Waals surface area (Å²) in [5, 5.41) is 0. The van der Waals surface area contributed by atoms with Crippen LogP contribution in [-0.2, 0) is 28.6 Å². The summed E-state index contributed by atoms with van der Waals surface area (Å²) in [6.07, 6.45) is 101. The minimum Gasteiger partial charge on any atom is -0.462 e. The fraction of sp³-hybridized carbons (Fsp3) is 0.592. The normalized spacial score (nSPS) is 13.3. The molecule has 460 valence electrons. The summed E-state index contributed by atoms with van der Waals surface area (Å²) in [4.78, 5) is 38.3. The molecule has 0 saturated carbocycles. The number of hydrogen-bond donors (Lipinski definition) is 0. The molecule has 0 aliphatic heterocycles. The molecule has 0 heterocycles. The number of carbonyl (C=O) groups is 3. The van der Waals surface area contributed by atoms with Crippen LogP contribution in [-0.4, -0.2) is 37.2 Å². The van der Waals surface area contributed by atoms with Crippen LogP contribution in [0, 0.1) is 0 Å². The van der Waals surface area contributed by atoms with Gasteiger partial charge in [-0.15, -0.1) is 0 Å². The molecule has 0 fully saturated rings. The number of ether oxygens (including phenoxy) is 3. The van der Waals surface area contributed by atoms with E-state index in [0.29, 0.717) is 19.3 Å². The molecule has 0 N–H and O–H groups in total. The Hall–Kier alpha value is -5.23. The summed E-state index contributed by atoms with van der Waals surface area (Å²) in [6, 6.07) is 0. The van der Waals surface area contributed by atoms with Crippen molar-refractivity contribution in [3.63, 3.8) is 0 Å². The average molecular weight is 1130 g/mol. The second-order valence-corrected chi connectivity index (χ2v) is 21.3. The van der Waals surface area contributed by atoms with Crippen molar-refractivity contribution in [1.82, 2.24) is 0 Å². The number of allylic oxidation sites excluding steroid dienone is 28. The highest BCUT2D eigenvalue weighted by Crippen LogP contribution is 2.14. The highest BCUT2D eigenvalue weighted by molar-refractivity contribution is 5.71. The van der Waals surface area contributed by atoms with Gasteiger partial charge in [0.2, 0.25) is 0 Å². The summed E-state index contributed by atoms with van der Waals surface area (Å²) in [5.41, 5.74) is 0. The number of hydrogen-bond acceptors (Lipinski definition) is 6. The molecule has 0 aliphatic rings. The third-order valence-electron chi connectivity index (χ3n) is 13.4. The predicted molar refractivity (Wildman–Crippen MR) is 357 cm³/mol. The van der Waals surface area contributed by atoms with E-state index in [2.05, 4.69) is 191 Å². The van der Waals surface area contributed by atoms with E-state index < -0.39 is 6.10 Å². The highest BCUT2D eigenvalue weighted by Gasteiger charge is 2.19. The Morgan fingerprint density at radius 1 is 0.256 bits per heavy atom. The van der Waals surface area contributed by atoms with Gasteiger partial charge < -0.3 is 14.2 Å². The van der Waals surface area contributed by atoms with Crippen LogP contribution in [0.2, 0.25) is 0 Å². The maximum absolute atomic E-state index is 12.9. The molecule has 0 aromatic carbocycles. The third-order valence-corrected chi connectivity index (χ3v) is 13.4. The minimum absolute atomic E-state index is 0.108. The summed E-state index contributed by atoms with van der Waals surface area (Å²) >= 11 is 0. The standard InChI is InChI=1S/C76H120O6/c1-4-7-10-13-16-19-22-25-28-29-30-31-32-33-34-35-36-37-38-39-40-41-42-43-44-45-46-47-49-51-54-57-60-63-66-69-75(78)81-72-73(71-80-74(77)68-65-62-59-56-53-50-27-24-21-18-15-12-9-6-3)82-76(79)70-67-64-61-58-55-52-48-26-23-20-17-14-11-8-5-2/h7-8,10-11,15-20,24-28,30-31,33-34,36-37,39-40,42-43,48,55,58,73H,4-6,9,12-14,21-23,29,32,35,38,41,44-47,49-54,56-57,59-72H2,1-3H3/b10-7-,11-8-,18-15-,19-16-,20-17-,27-24-,28-25-,31-30-,34-33-,37-36-,40-39-,43-42-,48-26-,58-55-. The number of esters is 3. The zero-order valence-corrected chi connectivity index (χ0v) is 52.7. The molecule has 0 bridgehead atoms. The molecular formula is C76H120O6. The van der Waals surface area contributed by atoms with E-state index in [-0.39, 0.29) is 37.5 Å². The topological polar surface area (TPSA) is 78.9 Å².